The molecule has 10 heteroatoms. The molecule has 0 atom stereocenters. The van der Waals surface area contributed by atoms with Gasteiger partial charge in [-0.3, -0.25) is 0 Å². The van der Waals surface area contributed by atoms with Crippen molar-refractivity contribution in [2.24, 2.45) is 0 Å². The number of hydrogen-bond acceptors (Lipinski definition) is 5. The first-order valence-electron chi connectivity index (χ1n) is 10.9. The molecule has 2 aliphatic heterocycles. The van der Waals surface area contributed by atoms with Crippen molar-refractivity contribution >= 4 is 20.0 Å². The Morgan fingerprint density at radius 3 is 2.03 bits per heavy atom. The third-order valence-corrected chi connectivity index (χ3v) is 10.7. The van der Waals surface area contributed by atoms with Crippen LogP contribution in [0.25, 0.3) is 0 Å². The van der Waals surface area contributed by atoms with E-state index in [9.17, 15) is 21.2 Å². The molecule has 0 saturated carbocycles. The van der Waals surface area contributed by atoms with E-state index in [2.05, 4.69) is 0 Å². The van der Waals surface area contributed by atoms with E-state index in [-0.39, 0.29) is 54.4 Å². The van der Waals surface area contributed by atoms with Crippen molar-refractivity contribution in [3.63, 3.8) is 0 Å². The summed E-state index contributed by atoms with van der Waals surface area (Å²) in [6.07, 6.45) is 0.436. The fourth-order valence-corrected chi connectivity index (χ4v) is 8.68. The minimum absolute atomic E-state index is 0.0278. The topological polar surface area (TPSA) is 84.0 Å². The molecular weight excluding hydrogens is 467 g/mol. The maximum absolute atomic E-state index is 13.7. The van der Waals surface area contributed by atoms with Crippen LogP contribution in [0.2, 0.25) is 0 Å². The van der Waals surface area contributed by atoms with Crippen molar-refractivity contribution in [2.75, 3.05) is 26.2 Å². The van der Waals surface area contributed by atoms with Gasteiger partial charge in [-0.25, -0.2) is 21.2 Å². The van der Waals surface area contributed by atoms with E-state index in [1.54, 1.807) is 13.8 Å². The van der Waals surface area contributed by atoms with Crippen LogP contribution in [0.15, 0.2) is 40.1 Å². The Morgan fingerprint density at radius 2 is 1.45 bits per heavy atom. The van der Waals surface area contributed by atoms with Gasteiger partial charge < -0.3 is 4.74 Å². The molecule has 2 saturated heterocycles. The fraction of sp³-hybridized carbons (Fsp3) is 0.478. The quantitative estimate of drug-likeness (QED) is 0.649. The van der Waals surface area contributed by atoms with E-state index in [0.717, 1.165) is 11.6 Å². The Labute approximate surface area is 195 Å². The SMILES string of the molecule is Cc1cc(C)c(S(=O)(=O)N2CCOC23CCN(S(=O)(=O)c2ccc(F)c(C)c2)CC3)c(C)c1. The Bertz CT molecular complexity index is 1280. The molecule has 0 aliphatic carbocycles. The van der Waals surface area contributed by atoms with Crippen molar-refractivity contribution in [3.05, 3.63) is 58.4 Å². The van der Waals surface area contributed by atoms with Gasteiger partial charge in [0.2, 0.25) is 20.0 Å². The Balaban J connectivity index is 1.61. The zero-order valence-corrected chi connectivity index (χ0v) is 20.9. The van der Waals surface area contributed by atoms with Gasteiger partial charge in [0.1, 0.15) is 11.5 Å². The van der Waals surface area contributed by atoms with Crippen LogP contribution in [0, 0.1) is 33.5 Å². The highest BCUT2D eigenvalue weighted by molar-refractivity contribution is 7.89. The van der Waals surface area contributed by atoms with Gasteiger partial charge in [0.15, 0.2) is 0 Å². The van der Waals surface area contributed by atoms with Crippen molar-refractivity contribution in [1.29, 1.82) is 0 Å². The molecule has 0 radical (unpaired) electrons. The molecule has 2 aromatic rings. The number of sulfonamides is 2. The van der Waals surface area contributed by atoms with Crippen LogP contribution in [0.1, 0.15) is 35.1 Å². The predicted octanol–water partition coefficient (Wildman–Crippen LogP) is 3.26. The van der Waals surface area contributed by atoms with Crippen LogP contribution < -0.4 is 0 Å². The number of rotatable bonds is 4. The molecule has 4 rings (SSSR count). The Hall–Kier alpha value is -1.85. The number of piperidine rings is 1. The van der Waals surface area contributed by atoms with Gasteiger partial charge in [-0.1, -0.05) is 17.7 Å². The third-order valence-electron chi connectivity index (χ3n) is 6.54. The standard InChI is InChI=1S/C23H29FN2O5S2/c1-16-13-18(3)22(19(4)14-16)33(29,30)26-11-12-31-23(26)7-9-25(10-8-23)32(27,28)20-5-6-21(24)17(2)15-20/h5-6,13-15H,7-12H2,1-4H3. The first kappa shape index (κ1) is 24.3. The van der Waals surface area contributed by atoms with Gasteiger partial charge in [0.05, 0.1) is 16.4 Å². The highest BCUT2D eigenvalue weighted by atomic mass is 32.2. The van der Waals surface area contributed by atoms with Crippen molar-refractivity contribution in [2.45, 2.75) is 56.1 Å². The molecule has 2 aliphatic rings. The van der Waals surface area contributed by atoms with Crippen LogP contribution in [0.4, 0.5) is 4.39 Å². The molecular formula is C23H29FN2O5S2. The maximum Gasteiger partial charge on any atom is 0.246 e. The number of benzene rings is 2. The van der Waals surface area contributed by atoms with E-state index in [4.69, 9.17) is 4.74 Å². The number of halogens is 1. The Kier molecular flexibility index (Phi) is 6.20. The van der Waals surface area contributed by atoms with Gasteiger partial charge in [0.25, 0.3) is 0 Å². The van der Waals surface area contributed by atoms with Crippen LogP contribution >= 0.6 is 0 Å². The van der Waals surface area contributed by atoms with Gasteiger partial charge in [-0.15, -0.1) is 0 Å². The summed E-state index contributed by atoms with van der Waals surface area (Å²) >= 11 is 0. The van der Waals surface area contributed by atoms with E-state index in [0.29, 0.717) is 11.1 Å². The summed E-state index contributed by atoms with van der Waals surface area (Å²) < 4.78 is 76.0. The lowest BCUT2D eigenvalue weighted by atomic mass is 10.0. The zero-order valence-electron chi connectivity index (χ0n) is 19.3. The molecule has 0 aromatic heterocycles. The molecule has 0 N–H and O–H groups in total. The second-order valence-corrected chi connectivity index (χ2v) is 12.7. The van der Waals surface area contributed by atoms with Gasteiger partial charge in [0, 0.05) is 32.5 Å². The van der Waals surface area contributed by atoms with Crippen molar-refractivity contribution < 1.29 is 26.0 Å². The molecule has 0 amide bonds. The second-order valence-electron chi connectivity index (χ2n) is 8.91. The van der Waals surface area contributed by atoms with E-state index in [1.165, 1.54) is 27.7 Å². The van der Waals surface area contributed by atoms with Gasteiger partial charge >= 0.3 is 0 Å². The third kappa shape index (κ3) is 4.12. The average Bonchev–Trinajstić information content (AvgIpc) is 3.13. The lowest BCUT2D eigenvalue weighted by Gasteiger charge is -2.42. The minimum Gasteiger partial charge on any atom is -0.358 e. The first-order chi connectivity index (χ1) is 15.4. The largest absolute Gasteiger partial charge is 0.358 e. The van der Waals surface area contributed by atoms with E-state index >= 15 is 0 Å². The minimum atomic E-state index is -3.84. The first-order valence-corrected chi connectivity index (χ1v) is 13.8. The maximum atomic E-state index is 13.7. The zero-order chi connectivity index (χ0) is 24.2. The summed E-state index contributed by atoms with van der Waals surface area (Å²) in [6.45, 7) is 7.71. The van der Waals surface area contributed by atoms with Crippen molar-refractivity contribution in [1.82, 2.24) is 8.61 Å². The summed E-state index contributed by atoms with van der Waals surface area (Å²) in [5.41, 5.74) is 1.53. The van der Waals surface area contributed by atoms with E-state index < -0.39 is 31.6 Å². The lowest BCUT2D eigenvalue weighted by Crippen LogP contribution is -2.55. The lowest BCUT2D eigenvalue weighted by molar-refractivity contribution is -0.0806. The molecule has 0 unspecified atom stereocenters. The van der Waals surface area contributed by atoms with E-state index in [1.807, 2.05) is 19.1 Å². The molecule has 0 bridgehead atoms. The molecule has 2 aromatic carbocycles. The molecule has 2 fully saturated rings. The predicted molar refractivity (Wildman–Crippen MR) is 122 cm³/mol. The number of aryl methyl sites for hydroxylation is 4. The molecule has 1 spiro atoms. The normalized spacial score (nSPS) is 19.9. The monoisotopic (exact) mass is 496 g/mol. The van der Waals surface area contributed by atoms with Gasteiger partial charge in [-0.05, 0) is 62.6 Å². The number of nitrogens with zero attached hydrogens (tertiary/aromatic N) is 2. The van der Waals surface area contributed by atoms with Crippen LogP contribution in [-0.4, -0.2) is 57.4 Å². The molecule has 2 heterocycles. The van der Waals surface area contributed by atoms with Crippen molar-refractivity contribution in [3.8, 4) is 0 Å². The summed E-state index contributed by atoms with van der Waals surface area (Å²) in [5, 5.41) is 0. The summed E-state index contributed by atoms with van der Waals surface area (Å²) in [6, 6.07) is 7.43. The second kappa shape index (κ2) is 8.42. The summed E-state index contributed by atoms with van der Waals surface area (Å²) in [7, 11) is -7.67. The van der Waals surface area contributed by atoms with Gasteiger partial charge in [-0.2, -0.15) is 8.61 Å². The van der Waals surface area contributed by atoms with Crippen LogP contribution in [0.3, 0.4) is 0 Å². The van der Waals surface area contributed by atoms with Crippen LogP contribution in [0.5, 0.6) is 0 Å². The smallest absolute Gasteiger partial charge is 0.246 e. The number of hydrogen-bond donors (Lipinski definition) is 0. The average molecular weight is 497 g/mol. The molecule has 180 valence electrons. The number of ether oxygens (including phenoxy) is 1. The fourth-order valence-electron chi connectivity index (χ4n) is 5.01. The molecule has 33 heavy (non-hydrogen) atoms. The summed E-state index contributed by atoms with van der Waals surface area (Å²) in [4.78, 5) is 0.315. The Morgan fingerprint density at radius 1 is 0.848 bits per heavy atom. The van der Waals surface area contributed by atoms with Crippen LogP contribution in [-0.2, 0) is 24.8 Å². The summed E-state index contributed by atoms with van der Waals surface area (Å²) in [5.74, 6) is -0.464. The highest BCUT2D eigenvalue weighted by Crippen LogP contribution is 2.40. The molecule has 7 nitrogen and oxygen atoms in total. The highest BCUT2D eigenvalue weighted by Gasteiger charge is 2.52.